The van der Waals surface area contributed by atoms with Crippen molar-refractivity contribution in [1.82, 2.24) is 30.5 Å². The highest BCUT2D eigenvalue weighted by atomic mass is 16.5. The van der Waals surface area contributed by atoms with E-state index in [1.54, 1.807) is 30.5 Å². The van der Waals surface area contributed by atoms with Crippen molar-refractivity contribution >= 4 is 5.78 Å². The predicted octanol–water partition coefficient (Wildman–Crippen LogP) is 2.23. The molecule has 1 fully saturated rings. The fourth-order valence-corrected chi connectivity index (χ4v) is 3.57. The van der Waals surface area contributed by atoms with Crippen LogP contribution >= 0.6 is 0 Å². The zero-order chi connectivity index (χ0) is 21.0. The molecule has 4 rings (SSSR count). The first-order chi connectivity index (χ1) is 14.6. The number of Topliss-reactive ketones (excluding diaryl/α,β-unsaturated/α-hetero) is 1. The Kier molecular flexibility index (Phi) is 5.71. The van der Waals surface area contributed by atoms with Crippen molar-refractivity contribution in [2.45, 2.75) is 38.3 Å². The summed E-state index contributed by atoms with van der Waals surface area (Å²) in [6, 6.07) is 11.0. The smallest absolute Gasteiger partial charge is 0.218 e. The maximum Gasteiger partial charge on any atom is 0.218 e. The number of nitrogens with one attached hydrogen (secondary N) is 1. The Labute approximate surface area is 174 Å². The normalized spacial score (nSPS) is 21.2. The molecule has 2 atom stereocenters. The molecule has 0 amide bonds. The van der Waals surface area contributed by atoms with Gasteiger partial charge >= 0.3 is 0 Å². The summed E-state index contributed by atoms with van der Waals surface area (Å²) in [7, 11) is 0. The van der Waals surface area contributed by atoms with Gasteiger partial charge in [-0.05, 0) is 50.1 Å². The van der Waals surface area contributed by atoms with Gasteiger partial charge in [-0.3, -0.25) is 4.79 Å². The number of hydrogen-bond donors (Lipinski definition) is 1. The highest BCUT2D eigenvalue weighted by Gasteiger charge is 2.45. The Morgan fingerprint density at radius 3 is 2.93 bits per heavy atom. The first-order valence-electron chi connectivity index (χ1n) is 10.00. The first kappa shape index (κ1) is 20.0. The van der Waals surface area contributed by atoms with E-state index in [9.17, 15) is 4.79 Å². The van der Waals surface area contributed by atoms with Crippen molar-refractivity contribution in [3.63, 3.8) is 0 Å². The van der Waals surface area contributed by atoms with Gasteiger partial charge in [0, 0.05) is 30.4 Å². The van der Waals surface area contributed by atoms with Gasteiger partial charge in [0.05, 0.1) is 12.3 Å². The highest BCUT2D eigenvalue weighted by Crippen LogP contribution is 2.31. The molecular formula is C21H24N6O3. The van der Waals surface area contributed by atoms with Crippen LogP contribution in [0, 0.1) is 0 Å². The quantitative estimate of drug-likeness (QED) is 0.594. The van der Waals surface area contributed by atoms with Crippen LogP contribution < -0.4 is 14.8 Å². The van der Waals surface area contributed by atoms with Crippen molar-refractivity contribution in [2.75, 3.05) is 13.2 Å². The van der Waals surface area contributed by atoms with Gasteiger partial charge in [-0.2, -0.15) is 0 Å². The van der Waals surface area contributed by atoms with Gasteiger partial charge in [-0.15, -0.1) is 15.0 Å². The lowest BCUT2D eigenvalue weighted by molar-refractivity contribution is 0.0263. The van der Waals surface area contributed by atoms with Crippen LogP contribution in [-0.2, 0) is 0 Å². The van der Waals surface area contributed by atoms with E-state index in [4.69, 9.17) is 9.47 Å². The van der Waals surface area contributed by atoms with E-state index in [1.165, 1.54) is 11.1 Å². The molecule has 1 saturated heterocycles. The Morgan fingerprint density at radius 2 is 2.20 bits per heavy atom. The number of pyridine rings is 1. The number of tetrazole rings is 1. The number of carbonyl (C=O) groups excluding carboxylic acids is 1. The fraction of sp³-hybridized carbons (Fsp3) is 0.381. The Bertz CT molecular complexity index is 999. The van der Waals surface area contributed by atoms with Gasteiger partial charge in [0.15, 0.2) is 11.9 Å². The average Bonchev–Trinajstić information content (AvgIpc) is 3.30. The second-order valence-corrected chi connectivity index (χ2v) is 7.25. The molecule has 2 aromatic heterocycles. The molecule has 9 heteroatoms. The van der Waals surface area contributed by atoms with E-state index in [-0.39, 0.29) is 5.78 Å². The van der Waals surface area contributed by atoms with E-state index in [0.29, 0.717) is 48.5 Å². The number of piperidine rings is 1. The number of carbonyl (C=O) groups is 1. The van der Waals surface area contributed by atoms with Gasteiger partial charge in [-0.1, -0.05) is 12.1 Å². The molecule has 0 bridgehead atoms. The van der Waals surface area contributed by atoms with Gasteiger partial charge in [0.1, 0.15) is 5.75 Å². The third kappa shape index (κ3) is 4.02. The number of rotatable bonds is 7. The van der Waals surface area contributed by atoms with Gasteiger partial charge in [0.2, 0.25) is 11.7 Å². The van der Waals surface area contributed by atoms with Crippen LogP contribution in [0.25, 0.3) is 5.69 Å². The number of aromatic nitrogens is 5. The SMILES string of the molecule is CCOc1ccnc(O[C@]2(C(=O)c3ccccc3-n3ncnn3)CC[C@@H](C)NC2)c1. The summed E-state index contributed by atoms with van der Waals surface area (Å²) in [4.78, 5) is 19.5. The van der Waals surface area contributed by atoms with Gasteiger partial charge in [-0.25, -0.2) is 4.98 Å². The highest BCUT2D eigenvalue weighted by molar-refractivity contribution is 6.05. The van der Waals surface area contributed by atoms with Crippen LogP contribution in [0.2, 0.25) is 0 Å². The lowest BCUT2D eigenvalue weighted by Crippen LogP contribution is -2.58. The molecular weight excluding hydrogens is 384 g/mol. The third-order valence-electron chi connectivity index (χ3n) is 5.16. The minimum absolute atomic E-state index is 0.154. The molecule has 0 radical (unpaired) electrons. The maximum atomic E-state index is 13.8. The average molecular weight is 408 g/mol. The summed E-state index contributed by atoms with van der Waals surface area (Å²) in [5.74, 6) is 0.842. The van der Waals surface area contributed by atoms with Gasteiger partial charge in [0.25, 0.3) is 0 Å². The maximum absolute atomic E-state index is 13.8. The second kappa shape index (κ2) is 8.58. The summed E-state index contributed by atoms with van der Waals surface area (Å²) in [5.41, 5.74) is -0.0912. The zero-order valence-corrected chi connectivity index (χ0v) is 17.0. The summed E-state index contributed by atoms with van der Waals surface area (Å²) < 4.78 is 11.8. The van der Waals surface area contributed by atoms with E-state index in [0.717, 1.165) is 6.42 Å². The number of benzene rings is 1. The van der Waals surface area contributed by atoms with Crippen molar-refractivity contribution < 1.29 is 14.3 Å². The molecule has 1 aromatic carbocycles. The van der Waals surface area contributed by atoms with Crippen molar-refractivity contribution in [2.24, 2.45) is 0 Å². The van der Waals surface area contributed by atoms with Gasteiger partial charge < -0.3 is 14.8 Å². The second-order valence-electron chi connectivity index (χ2n) is 7.25. The van der Waals surface area contributed by atoms with Crippen molar-refractivity contribution in [3.05, 3.63) is 54.5 Å². The van der Waals surface area contributed by atoms with E-state index in [2.05, 4.69) is 32.6 Å². The molecule has 0 unspecified atom stereocenters. The number of ketones is 1. The van der Waals surface area contributed by atoms with Crippen LogP contribution in [0.5, 0.6) is 11.6 Å². The first-order valence-corrected chi connectivity index (χ1v) is 10.00. The van der Waals surface area contributed by atoms with Crippen LogP contribution in [0.3, 0.4) is 0 Å². The number of nitrogens with zero attached hydrogens (tertiary/aromatic N) is 5. The molecule has 156 valence electrons. The molecule has 1 aliphatic rings. The molecule has 9 nitrogen and oxygen atoms in total. The predicted molar refractivity (Wildman–Crippen MR) is 109 cm³/mol. The molecule has 0 aliphatic carbocycles. The number of para-hydroxylation sites is 1. The van der Waals surface area contributed by atoms with Crippen LogP contribution in [0.1, 0.15) is 37.0 Å². The van der Waals surface area contributed by atoms with Crippen LogP contribution in [0.4, 0.5) is 0 Å². The summed E-state index contributed by atoms with van der Waals surface area (Å²) in [5, 5.41) is 15.2. The van der Waals surface area contributed by atoms with E-state index >= 15 is 0 Å². The minimum Gasteiger partial charge on any atom is -0.494 e. The van der Waals surface area contributed by atoms with Crippen LogP contribution in [0.15, 0.2) is 48.9 Å². The lowest BCUT2D eigenvalue weighted by Gasteiger charge is -2.38. The summed E-state index contributed by atoms with van der Waals surface area (Å²) in [6.07, 6.45) is 4.30. The standard InChI is InChI=1S/C21H24N6O3/c1-3-29-16-9-11-22-19(12-16)30-21(10-8-15(2)23-13-21)20(28)17-6-4-5-7-18(17)27-25-14-24-26-27/h4-7,9,11-12,14-15,23H,3,8,10,13H2,1-2H3/t15-,21-/m1/s1. The van der Waals surface area contributed by atoms with E-state index in [1.807, 2.05) is 19.1 Å². The molecule has 30 heavy (non-hydrogen) atoms. The molecule has 1 aliphatic heterocycles. The fourth-order valence-electron chi connectivity index (χ4n) is 3.57. The molecule has 3 heterocycles. The lowest BCUT2D eigenvalue weighted by atomic mass is 9.83. The minimum atomic E-state index is -1.11. The van der Waals surface area contributed by atoms with Crippen LogP contribution in [-0.4, -0.2) is 55.8 Å². The topological polar surface area (TPSA) is 104 Å². The molecule has 1 N–H and O–H groups in total. The Balaban J connectivity index is 1.71. The summed E-state index contributed by atoms with van der Waals surface area (Å²) in [6.45, 7) is 4.90. The Hall–Kier alpha value is -3.33. The third-order valence-corrected chi connectivity index (χ3v) is 5.16. The molecule has 0 spiro atoms. The van der Waals surface area contributed by atoms with Crippen molar-refractivity contribution in [1.29, 1.82) is 0 Å². The van der Waals surface area contributed by atoms with E-state index < -0.39 is 5.60 Å². The largest absolute Gasteiger partial charge is 0.494 e. The molecule has 3 aromatic rings. The zero-order valence-electron chi connectivity index (χ0n) is 17.0. The number of hydrogen-bond acceptors (Lipinski definition) is 8. The Morgan fingerprint density at radius 1 is 1.33 bits per heavy atom. The van der Waals surface area contributed by atoms with Crippen molar-refractivity contribution in [3.8, 4) is 17.3 Å². The summed E-state index contributed by atoms with van der Waals surface area (Å²) >= 11 is 0. The molecule has 0 saturated carbocycles. The monoisotopic (exact) mass is 408 g/mol. The number of ether oxygens (including phenoxy) is 2.